The van der Waals surface area contributed by atoms with E-state index in [-0.39, 0.29) is 34.7 Å². The van der Waals surface area contributed by atoms with Crippen LogP contribution in [0.25, 0.3) is 0 Å². The summed E-state index contributed by atoms with van der Waals surface area (Å²) in [6, 6.07) is 3.76. The highest BCUT2D eigenvalue weighted by Gasteiger charge is 2.24. The third kappa shape index (κ3) is 4.16. The van der Waals surface area contributed by atoms with Crippen molar-refractivity contribution in [3.05, 3.63) is 28.8 Å². The molecule has 0 unspecified atom stereocenters. The number of nitrogens with zero attached hydrogens (tertiary/aromatic N) is 1. The lowest BCUT2D eigenvalue weighted by Crippen LogP contribution is -2.33. The molecule has 0 aliphatic carbocycles. The van der Waals surface area contributed by atoms with E-state index in [0.717, 1.165) is 0 Å². The summed E-state index contributed by atoms with van der Waals surface area (Å²) in [4.78, 5) is 11.9. The van der Waals surface area contributed by atoms with Gasteiger partial charge < -0.3 is 10.4 Å². The van der Waals surface area contributed by atoms with Crippen LogP contribution >= 0.6 is 11.6 Å². The topological polar surface area (TPSA) is 86.7 Å². The Morgan fingerprint density at radius 3 is 2.57 bits per heavy atom. The molecule has 118 valence electrons. The van der Waals surface area contributed by atoms with Crippen LogP contribution in [0.1, 0.15) is 24.2 Å². The zero-order chi connectivity index (χ0) is 16.2. The van der Waals surface area contributed by atoms with Crippen molar-refractivity contribution in [2.75, 3.05) is 20.2 Å². The van der Waals surface area contributed by atoms with Crippen LogP contribution in [-0.4, -0.2) is 50.0 Å². The van der Waals surface area contributed by atoms with Gasteiger partial charge in [0.2, 0.25) is 10.0 Å². The fourth-order valence-corrected chi connectivity index (χ4v) is 3.15. The highest BCUT2D eigenvalue weighted by molar-refractivity contribution is 7.89. The number of nitrogens with one attached hydrogen (secondary N) is 1. The van der Waals surface area contributed by atoms with E-state index >= 15 is 0 Å². The van der Waals surface area contributed by atoms with E-state index < -0.39 is 15.9 Å². The second-order valence-electron chi connectivity index (χ2n) is 4.74. The van der Waals surface area contributed by atoms with Gasteiger partial charge in [-0.2, -0.15) is 4.31 Å². The third-order valence-electron chi connectivity index (χ3n) is 2.98. The summed E-state index contributed by atoms with van der Waals surface area (Å²) >= 11 is 5.93. The first-order valence-corrected chi connectivity index (χ1v) is 8.20. The Balaban J connectivity index is 3.21. The van der Waals surface area contributed by atoms with Crippen LogP contribution in [0.4, 0.5) is 0 Å². The van der Waals surface area contributed by atoms with Crippen molar-refractivity contribution in [2.24, 2.45) is 0 Å². The monoisotopic (exact) mass is 334 g/mol. The number of hydrogen-bond donors (Lipinski definition) is 2. The van der Waals surface area contributed by atoms with Gasteiger partial charge in [0.25, 0.3) is 5.91 Å². The van der Waals surface area contributed by atoms with Crippen molar-refractivity contribution in [3.63, 3.8) is 0 Å². The minimum absolute atomic E-state index is 0.00255. The predicted molar refractivity (Wildman–Crippen MR) is 81.0 cm³/mol. The van der Waals surface area contributed by atoms with Gasteiger partial charge in [-0.1, -0.05) is 11.6 Å². The number of aliphatic hydroxyl groups is 1. The molecule has 0 atom stereocenters. The van der Waals surface area contributed by atoms with E-state index in [0.29, 0.717) is 0 Å². The van der Waals surface area contributed by atoms with Crippen LogP contribution < -0.4 is 5.32 Å². The van der Waals surface area contributed by atoms with Gasteiger partial charge in [0.15, 0.2) is 0 Å². The normalized spacial score (nSPS) is 12.0. The standard InChI is InChI=1S/C13H19ClN2O4S/c1-9(2)16(3)21(19,20)10-4-5-12(14)11(8-10)13(18)15-6-7-17/h4-5,8-9,17H,6-7H2,1-3H3,(H,15,18). The first-order chi connectivity index (χ1) is 9.71. The fraction of sp³-hybridized carbons (Fsp3) is 0.462. The fourth-order valence-electron chi connectivity index (χ4n) is 1.55. The highest BCUT2D eigenvalue weighted by atomic mass is 35.5. The maximum Gasteiger partial charge on any atom is 0.252 e. The molecule has 8 heteroatoms. The number of rotatable bonds is 6. The summed E-state index contributed by atoms with van der Waals surface area (Å²) in [6.45, 7) is 3.36. The van der Waals surface area contributed by atoms with E-state index in [1.54, 1.807) is 13.8 Å². The van der Waals surface area contributed by atoms with Gasteiger partial charge in [0, 0.05) is 19.6 Å². The summed E-state index contributed by atoms with van der Waals surface area (Å²) in [7, 11) is -2.21. The number of hydrogen-bond acceptors (Lipinski definition) is 4. The van der Waals surface area contributed by atoms with Crippen molar-refractivity contribution in [2.45, 2.75) is 24.8 Å². The Hall–Kier alpha value is -1.15. The molecule has 0 aliphatic rings. The largest absolute Gasteiger partial charge is 0.395 e. The molecule has 6 nitrogen and oxygen atoms in total. The van der Waals surface area contributed by atoms with Crippen molar-refractivity contribution in [3.8, 4) is 0 Å². The van der Waals surface area contributed by atoms with Gasteiger partial charge in [-0.15, -0.1) is 0 Å². The molecule has 2 N–H and O–H groups in total. The van der Waals surface area contributed by atoms with Crippen LogP contribution in [0.3, 0.4) is 0 Å². The lowest BCUT2D eigenvalue weighted by atomic mass is 10.2. The Morgan fingerprint density at radius 1 is 1.43 bits per heavy atom. The molecule has 1 aromatic carbocycles. The Labute approximate surface area is 129 Å². The predicted octanol–water partition coefficient (Wildman–Crippen LogP) is 1.09. The second-order valence-corrected chi connectivity index (χ2v) is 7.14. The van der Waals surface area contributed by atoms with Crippen LogP contribution in [0.2, 0.25) is 5.02 Å². The van der Waals surface area contributed by atoms with E-state index in [1.165, 1.54) is 29.6 Å². The minimum Gasteiger partial charge on any atom is -0.395 e. The molecule has 0 saturated carbocycles. The summed E-state index contributed by atoms with van der Waals surface area (Å²) < 4.78 is 26.0. The lowest BCUT2D eigenvalue weighted by Gasteiger charge is -2.21. The van der Waals surface area contributed by atoms with E-state index in [2.05, 4.69) is 5.32 Å². The molecular formula is C13H19ClN2O4S. The van der Waals surface area contributed by atoms with Gasteiger partial charge in [-0.3, -0.25) is 4.79 Å². The molecule has 0 heterocycles. The average Bonchev–Trinajstić information content (AvgIpc) is 2.43. The van der Waals surface area contributed by atoms with Gasteiger partial charge in [-0.05, 0) is 32.0 Å². The molecule has 0 fully saturated rings. The quantitative estimate of drug-likeness (QED) is 0.815. The van der Waals surface area contributed by atoms with Crippen LogP contribution in [-0.2, 0) is 10.0 Å². The van der Waals surface area contributed by atoms with E-state index in [4.69, 9.17) is 16.7 Å². The molecule has 1 aromatic rings. The molecule has 1 rings (SSSR count). The maximum atomic E-state index is 12.4. The molecule has 0 spiro atoms. The van der Waals surface area contributed by atoms with Crippen molar-refractivity contribution in [1.29, 1.82) is 0 Å². The van der Waals surface area contributed by atoms with Crippen molar-refractivity contribution >= 4 is 27.5 Å². The summed E-state index contributed by atoms with van der Waals surface area (Å²) in [5, 5.41) is 11.3. The number of carbonyl (C=O) groups excluding carboxylic acids is 1. The molecule has 0 saturated heterocycles. The zero-order valence-electron chi connectivity index (χ0n) is 12.1. The second kappa shape index (κ2) is 7.22. The number of benzene rings is 1. The third-order valence-corrected chi connectivity index (χ3v) is 5.34. The first-order valence-electron chi connectivity index (χ1n) is 6.38. The maximum absolute atomic E-state index is 12.4. The van der Waals surface area contributed by atoms with Gasteiger partial charge in [0.05, 0.1) is 22.1 Å². The molecule has 0 radical (unpaired) electrons. The Bertz CT molecular complexity index is 617. The summed E-state index contributed by atoms with van der Waals surface area (Å²) in [6.07, 6.45) is 0. The van der Waals surface area contributed by atoms with Crippen LogP contribution in [0.5, 0.6) is 0 Å². The molecule has 0 aliphatic heterocycles. The Kier molecular flexibility index (Phi) is 6.15. The number of amides is 1. The van der Waals surface area contributed by atoms with Gasteiger partial charge >= 0.3 is 0 Å². The SMILES string of the molecule is CC(C)N(C)S(=O)(=O)c1ccc(Cl)c(C(=O)NCCO)c1. The van der Waals surface area contributed by atoms with Crippen LogP contribution in [0.15, 0.2) is 23.1 Å². The summed E-state index contributed by atoms with van der Waals surface area (Å²) in [5.41, 5.74) is 0.0587. The van der Waals surface area contributed by atoms with Crippen molar-refractivity contribution in [1.82, 2.24) is 9.62 Å². The number of carbonyl (C=O) groups is 1. The number of aliphatic hydroxyl groups excluding tert-OH is 1. The highest BCUT2D eigenvalue weighted by Crippen LogP contribution is 2.23. The first kappa shape index (κ1) is 17.9. The smallest absolute Gasteiger partial charge is 0.252 e. The van der Waals surface area contributed by atoms with Crippen LogP contribution in [0, 0.1) is 0 Å². The summed E-state index contributed by atoms with van der Waals surface area (Å²) in [5.74, 6) is -0.529. The van der Waals surface area contributed by atoms with Gasteiger partial charge in [0.1, 0.15) is 0 Å². The van der Waals surface area contributed by atoms with Crippen molar-refractivity contribution < 1.29 is 18.3 Å². The Morgan fingerprint density at radius 2 is 2.05 bits per heavy atom. The number of sulfonamides is 1. The van der Waals surface area contributed by atoms with E-state index in [9.17, 15) is 13.2 Å². The molecule has 0 bridgehead atoms. The average molecular weight is 335 g/mol. The molecule has 21 heavy (non-hydrogen) atoms. The molecule has 0 aromatic heterocycles. The lowest BCUT2D eigenvalue weighted by molar-refractivity contribution is 0.0944. The zero-order valence-corrected chi connectivity index (χ0v) is 13.7. The number of halogens is 1. The molecule has 1 amide bonds. The minimum atomic E-state index is -3.69. The van der Waals surface area contributed by atoms with Gasteiger partial charge in [-0.25, -0.2) is 8.42 Å². The molecular weight excluding hydrogens is 316 g/mol. The van der Waals surface area contributed by atoms with E-state index in [1.807, 2.05) is 0 Å².